The van der Waals surface area contributed by atoms with Crippen LogP contribution in [0.25, 0.3) is 10.9 Å². The van der Waals surface area contributed by atoms with Gasteiger partial charge in [0.15, 0.2) is 0 Å². The molecule has 0 aliphatic carbocycles. The number of hydrogen-bond acceptors (Lipinski definition) is 3. The predicted molar refractivity (Wildman–Crippen MR) is 74.4 cm³/mol. The van der Waals surface area contributed by atoms with Gasteiger partial charge >= 0.3 is 0 Å². The zero-order valence-corrected chi connectivity index (χ0v) is 10.8. The number of anilines is 1. The van der Waals surface area contributed by atoms with E-state index in [0.29, 0.717) is 5.52 Å². The van der Waals surface area contributed by atoms with Gasteiger partial charge < -0.3 is 9.80 Å². The van der Waals surface area contributed by atoms with Crippen LogP contribution in [-0.4, -0.2) is 42.9 Å². The number of fused-ring (bicyclic) bond motifs is 1. The van der Waals surface area contributed by atoms with Crippen molar-refractivity contribution in [1.82, 2.24) is 9.69 Å². The van der Waals surface area contributed by atoms with E-state index in [2.05, 4.69) is 16.8 Å². The van der Waals surface area contributed by atoms with Gasteiger partial charge in [-0.3, -0.25) is 4.79 Å². The number of nitrogens with zero attached hydrogens (tertiary/aromatic N) is 3. The van der Waals surface area contributed by atoms with Crippen LogP contribution in [0.15, 0.2) is 35.1 Å². The summed E-state index contributed by atoms with van der Waals surface area (Å²) in [5, 5.41) is 0.736. The third kappa shape index (κ3) is 2.21. The van der Waals surface area contributed by atoms with Crippen LogP contribution in [-0.2, 0) is 0 Å². The molecule has 0 N–H and O–H groups in total. The minimum Gasteiger partial charge on any atom is -0.369 e. The molecule has 0 amide bonds. The molecule has 1 aromatic heterocycles. The fourth-order valence-corrected chi connectivity index (χ4v) is 2.45. The second kappa shape index (κ2) is 4.66. The molecule has 0 atom stereocenters. The number of rotatable bonds is 1. The monoisotopic (exact) mass is 261 g/mol. The second-order valence-corrected chi connectivity index (χ2v) is 4.99. The summed E-state index contributed by atoms with van der Waals surface area (Å²) in [6.07, 6.45) is 0. The Bertz CT molecular complexity index is 659. The number of likely N-dealkylation sites (N-methyl/N-ethyl adjacent to an activating group) is 1. The number of benzene rings is 1. The Morgan fingerprint density at radius 1 is 1.05 bits per heavy atom. The minimum atomic E-state index is -0.622. The fourth-order valence-electron chi connectivity index (χ4n) is 2.45. The smallest absolute Gasteiger partial charge is 0.279 e. The summed E-state index contributed by atoms with van der Waals surface area (Å²) in [7, 11) is 2.09. The Morgan fingerprint density at radius 2 is 1.74 bits per heavy atom. The maximum Gasteiger partial charge on any atom is 0.279 e. The van der Waals surface area contributed by atoms with E-state index in [1.165, 1.54) is 6.07 Å². The van der Waals surface area contributed by atoms with E-state index in [1.807, 2.05) is 12.1 Å². The number of hydrogen-bond donors (Lipinski definition) is 0. The highest BCUT2D eigenvalue weighted by atomic mass is 19.2. The Balaban J connectivity index is 2.01. The molecule has 0 unspecified atom stereocenters. The third-order valence-corrected chi connectivity index (χ3v) is 3.69. The number of aromatic nitrogens is 1. The van der Waals surface area contributed by atoms with Crippen molar-refractivity contribution >= 4 is 16.6 Å². The molecule has 0 spiro atoms. The quantitative estimate of drug-likeness (QED) is 0.778. The van der Waals surface area contributed by atoms with E-state index in [1.54, 1.807) is 12.1 Å². The first-order chi connectivity index (χ1) is 9.15. The molecule has 2 aromatic rings. The molecule has 1 fully saturated rings. The van der Waals surface area contributed by atoms with Crippen LogP contribution in [0.2, 0.25) is 0 Å². The van der Waals surface area contributed by atoms with Crippen molar-refractivity contribution in [1.29, 1.82) is 0 Å². The minimum absolute atomic E-state index is 0.217. The van der Waals surface area contributed by atoms with Crippen molar-refractivity contribution in [3.8, 4) is 0 Å². The molecule has 5 heteroatoms. The molecule has 1 aliphatic heterocycles. The molecule has 0 radical (unpaired) electrons. The van der Waals surface area contributed by atoms with Gasteiger partial charge in [-0.2, -0.15) is 0 Å². The fraction of sp³-hybridized carbons (Fsp3) is 0.357. The topological polar surface area (TPSA) is 28.5 Å². The van der Waals surface area contributed by atoms with Crippen molar-refractivity contribution in [2.24, 2.45) is 0 Å². The molecular weight excluding hydrogens is 245 g/mol. The number of pyridine rings is 1. The van der Waals surface area contributed by atoms with Gasteiger partial charge in [0.05, 0.1) is 5.52 Å². The van der Waals surface area contributed by atoms with Crippen molar-refractivity contribution in [3.63, 3.8) is 0 Å². The maximum absolute atomic E-state index is 13.8. The Labute approximate surface area is 110 Å². The first-order valence-corrected chi connectivity index (χ1v) is 6.40. The van der Waals surface area contributed by atoms with E-state index < -0.39 is 5.56 Å². The molecule has 100 valence electrons. The lowest BCUT2D eigenvalue weighted by Gasteiger charge is -2.34. The first-order valence-electron chi connectivity index (χ1n) is 6.40. The van der Waals surface area contributed by atoms with Crippen LogP contribution in [0.3, 0.4) is 0 Å². The lowest BCUT2D eigenvalue weighted by molar-refractivity contribution is 0.313. The highest BCUT2D eigenvalue weighted by Gasteiger charge is 2.15. The summed E-state index contributed by atoms with van der Waals surface area (Å²) in [6.45, 7) is 3.83. The molecule has 0 saturated carbocycles. The van der Waals surface area contributed by atoms with Crippen molar-refractivity contribution in [2.45, 2.75) is 0 Å². The normalized spacial score (nSPS) is 17.1. The molecule has 1 aliphatic rings. The molecule has 2 heterocycles. The summed E-state index contributed by atoms with van der Waals surface area (Å²) < 4.78 is 13.8. The van der Waals surface area contributed by atoms with Gasteiger partial charge in [-0.05, 0) is 25.2 Å². The van der Waals surface area contributed by atoms with Gasteiger partial charge in [-0.15, -0.1) is 4.79 Å². The highest BCUT2D eigenvalue weighted by molar-refractivity contribution is 5.82. The zero-order chi connectivity index (χ0) is 13.4. The molecular formula is C14H16FN3O. The summed E-state index contributed by atoms with van der Waals surface area (Å²) in [5.41, 5.74) is 0.685. The van der Waals surface area contributed by atoms with Crippen LogP contribution in [0.1, 0.15) is 0 Å². The zero-order valence-electron chi connectivity index (χ0n) is 10.8. The van der Waals surface area contributed by atoms with Gasteiger partial charge in [0.25, 0.3) is 5.56 Å². The van der Waals surface area contributed by atoms with Crippen molar-refractivity contribution < 1.29 is 4.48 Å². The van der Waals surface area contributed by atoms with Gasteiger partial charge in [0.2, 0.25) is 0 Å². The summed E-state index contributed by atoms with van der Waals surface area (Å²) in [5.74, 6) is 0. The Morgan fingerprint density at radius 3 is 2.47 bits per heavy atom. The van der Waals surface area contributed by atoms with Crippen molar-refractivity contribution in [2.75, 3.05) is 38.1 Å². The average Bonchev–Trinajstić information content (AvgIpc) is 2.44. The standard InChI is InChI=1S/C14H16FN3O/c1-16-6-8-17(9-7-16)12-4-2-11-3-5-14(19)18(15)13(11)10-12/h2-5,10H,6-9H2,1H3. The molecule has 1 saturated heterocycles. The molecule has 3 rings (SSSR count). The van der Waals surface area contributed by atoms with E-state index in [0.717, 1.165) is 37.3 Å². The van der Waals surface area contributed by atoms with Crippen LogP contribution >= 0.6 is 0 Å². The summed E-state index contributed by atoms with van der Waals surface area (Å²) >= 11 is 0. The van der Waals surface area contributed by atoms with Crippen LogP contribution < -0.4 is 10.5 Å². The van der Waals surface area contributed by atoms with Crippen LogP contribution in [0.5, 0.6) is 0 Å². The summed E-state index contributed by atoms with van der Waals surface area (Å²) in [4.78, 5) is 16.0. The van der Waals surface area contributed by atoms with Gasteiger partial charge in [0, 0.05) is 43.3 Å². The molecule has 19 heavy (non-hydrogen) atoms. The third-order valence-electron chi connectivity index (χ3n) is 3.69. The van der Waals surface area contributed by atoms with E-state index >= 15 is 0 Å². The van der Waals surface area contributed by atoms with Gasteiger partial charge in [0.1, 0.15) is 0 Å². The first kappa shape index (κ1) is 12.2. The van der Waals surface area contributed by atoms with E-state index in [-0.39, 0.29) is 4.79 Å². The van der Waals surface area contributed by atoms with Gasteiger partial charge in [-0.1, -0.05) is 10.5 Å². The lowest BCUT2D eigenvalue weighted by Crippen LogP contribution is -2.44. The highest BCUT2D eigenvalue weighted by Crippen LogP contribution is 2.22. The summed E-state index contributed by atoms with van der Waals surface area (Å²) in [6, 6.07) is 8.50. The van der Waals surface area contributed by atoms with Crippen LogP contribution in [0, 0.1) is 0 Å². The van der Waals surface area contributed by atoms with E-state index in [4.69, 9.17) is 0 Å². The van der Waals surface area contributed by atoms with Crippen LogP contribution in [0.4, 0.5) is 10.2 Å². The molecule has 1 aromatic carbocycles. The SMILES string of the molecule is CN1CCN(c2ccc3ccc(=O)n(F)c3c2)CC1. The van der Waals surface area contributed by atoms with Gasteiger partial charge in [-0.25, -0.2) is 0 Å². The van der Waals surface area contributed by atoms with E-state index in [9.17, 15) is 9.28 Å². The molecule has 0 bridgehead atoms. The Hall–Kier alpha value is -1.88. The lowest BCUT2D eigenvalue weighted by atomic mass is 10.1. The van der Waals surface area contributed by atoms with Crippen molar-refractivity contribution in [3.05, 3.63) is 40.7 Å². The second-order valence-electron chi connectivity index (χ2n) is 4.99. The predicted octanol–water partition coefficient (Wildman–Crippen LogP) is 1.49. The largest absolute Gasteiger partial charge is 0.369 e. The Kier molecular flexibility index (Phi) is 2.98. The maximum atomic E-state index is 13.8. The molecule has 4 nitrogen and oxygen atoms in total. The average molecular weight is 261 g/mol. The number of halogens is 1. The number of piperazine rings is 1.